The van der Waals surface area contributed by atoms with E-state index in [1.807, 2.05) is 24.5 Å². The summed E-state index contributed by atoms with van der Waals surface area (Å²) in [5.41, 5.74) is 3.21. The molecule has 0 aliphatic rings. The minimum atomic E-state index is -3.81. The second-order valence-corrected chi connectivity index (χ2v) is 9.59. The Morgan fingerprint density at radius 2 is 1.97 bits per heavy atom. The molecule has 0 spiro atoms. The Balaban J connectivity index is 1.89. The molecular formula is C22H28N4O4S. The smallest absolute Gasteiger partial charge is 0.246 e. The number of ketones is 1. The summed E-state index contributed by atoms with van der Waals surface area (Å²) in [4.78, 5) is 13.1. The fourth-order valence-corrected chi connectivity index (χ4v) is 5.29. The summed E-state index contributed by atoms with van der Waals surface area (Å²) in [6.07, 6.45) is 3.29. The number of nitrogens with zero attached hydrogens (tertiary/aromatic N) is 4. The minimum Gasteiger partial charge on any atom is -0.468 e. The molecule has 166 valence electrons. The van der Waals surface area contributed by atoms with E-state index < -0.39 is 10.0 Å². The van der Waals surface area contributed by atoms with Crippen molar-refractivity contribution in [3.05, 3.63) is 71.2 Å². The molecule has 0 fully saturated rings. The van der Waals surface area contributed by atoms with Gasteiger partial charge in [0.25, 0.3) is 0 Å². The summed E-state index contributed by atoms with van der Waals surface area (Å²) < 4.78 is 36.3. The Bertz CT molecular complexity index is 1220. The topological polar surface area (TPSA) is 90.3 Å². The van der Waals surface area contributed by atoms with Crippen molar-refractivity contribution in [1.82, 2.24) is 18.7 Å². The molecule has 0 atom stereocenters. The Morgan fingerprint density at radius 3 is 2.58 bits per heavy atom. The first-order chi connectivity index (χ1) is 14.6. The van der Waals surface area contributed by atoms with Crippen LogP contribution in [0.4, 0.5) is 0 Å². The van der Waals surface area contributed by atoms with Crippen molar-refractivity contribution in [2.24, 2.45) is 0 Å². The van der Waals surface area contributed by atoms with E-state index in [0.29, 0.717) is 29.3 Å². The Morgan fingerprint density at radius 1 is 1.26 bits per heavy atom. The van der Waals surface area contributed by atoms with Crippen LogP contribution in [0.1, 0.15) is 38.9 Å². The molecule has 0 unspecified atom stereocenters. The second-order valence-electron chi connectivity index (χ2n) is 7.61. The van der Waals surface area contributed by atoms with Crippen LogP contribution in [-0.2, 0) is 29.7 Å². The van der Waals surface area contributed by atoms with Crippen LogP contribution in [0.2, 0.25) is 0 Å². The lowest BCUT2D eigenvalue weighted by atomic mass is 10.1. The summed E-state index contributed by atoms with van der Waals surface area (Å²) in [5, 5.41) is 4.36. The molecule has 31 heavy (non-hydrogen) atoms. The van der Waals surface area contributed by atoms with Gasteiger partial charge in [0.15, 0.2) is 5.78 Å². The minimum absolute atomic E-state index is 0.0392. The molecule has 3 rings (SSSR count). The summed E-state index contributed by atoms with van der Waals surface area (Å²) in [5.74, 6) is 0.417. The zero-order valence-electron chi connectivity index (χ0n) is 18.5. The largest absolute Gasteiger partial charge is 0.468 e. The first kappa shape index (κ1) is 22.8. The maximum atomic E-state index is 13.2. The maximum Gasteiger partial charge on any atom is 0.246 e. The van der Waals surface area contributed by atoms with E-state index in [0.717, 1.165) is 11.4 Å². The highest BCUT2D eigenvalue weighted by Gasteiger charge is 2.30. The molecule has 3 aromatic heterocycles. The number of hydrogen-bond donors (Lipinski definition) is 0. The molecule has 0 bridgehead atoms. The molecule has 3 heterocycles. The SMILES string of the molecule is C=CCn1c(C)cc(C(=O)Cn2nc(C)c(S(=O)(=O)N(C)Cc3ccco3)c2C)c1C. The van der Waals surface area contributed by atoms with E-state index in [1.165, 1.54) is 22.3 Å². The van der Waals surface area contributed by atoms with Gasteiger partial charge in [-0.3, -0.25) is 9.48 Å². The quantitative estimate of drug-likeness (QED) is 0.373. The number of sulfonamides is 1. The number of aryl methyl sites for hydroxylation is 2. The van der Waals surface area contributed by atoms with Gasteiger partial charge >= 0.3 is 0 Å². The molecule has 0 N–H and O–H groups in total. The Hall–Kier alpha value is -2.91. The van der Waals surface area contributed by atoms with Crippen molar-refractivity contribution < 1.29 is 17.6 Å². The molecule has 0 saturated carbocycles. The van der Waals surface area contributed by atoms with Gasteiger partial charge in [0, 0.05) is 30.5 Å². The first-order valence-electron chi connectivity index (χ1n) is 9.91. The highest BCUT2D eigenvalue weighted by Crippen LogP contribution is 2.25. The molecule has 0 aliphatic carbocycles. The van der Waals surface area contributed by atoms with Gasteiger partial charge in [-0.1, -0.05) is 6.08 Å². The van der Waals surface area contributed by atoms with Crippen LogP contribution in [-0.4, -0.2) is 39.9 Å². The lowest BCUT2D eigenvalue weighted by molar-refractivity contribution is 0.0966. The van der Waals surface area contributed by atoms with Gasteiger partial charge in [-0.25, -0.2) is 8.42 Å². The number of Topliss-reactive ketones (excluding diaryl/α,β-unsaturated/α-hetero) is 1. The Kier molecular flexibility index (Phi) is 6.38. The van der Waals surface area contributed by atoms with Crippen molar-refractivity contribution in [2.45, 2.75) is 52.2 Å². The van der Waals surface area contributed by atoms with Gasteiger partial charge in [-0.15, -0.1) is 6.58 Å². The van der Waals surface area contributed by atoms with E-state index in [9.17, 15) is 13.2 Å². The zero-order chi connectivity index (χ0) is 22.9. The number of aromatic nitrogens is 3. The standard InChI is InChI=1S/C22H28N4O4S/c1-7-10-25-15(2)12-20(17(25)4)21(27)14-26-18(5)22(16(3)23-26)31(28,29)24(6)13-19-9-8-11-30-19/h7-9,11-12H,1,10,13-14H2,2-6H3. The third-order valence-electron chi connectivity index (χ3n) is 5.42. The van der Waals surface area contributed by atoms with Crippen LogP contribution in [0.3, 0.4) is 0 Å². The van der Waals surface area contributed by atoms with Gasteiger partial charge in [-0.2, -0.15) is 9.40 Å². The molecular weight excluding hydrogens is 416 g/mol. The van der Waals surface area contributed by atoms with Gasteiger partial charge in [0.2, 0.25) is 10.0 Å². The number of rotatable bonds is 9. The maximum absolute atomic E-state index is 13.2. The zero-order valence-corrected chi connectivity index (χ0v) is 19.4. The van der Waals surface area contributed by atoms with Crippen LogP contribution in [0, 0.1) is 27.7 Å². The first-order valence-corrected chi connectivity index (χ1v) is 11.4. The fraction of sp³-hybridized carbons (Fsp3) is 0.364. The lowest BCUT2D eigenvalue weighted by Gasteiger charge is -2.16. The van der Waals surface area contributed by atoms with Crippen molar-refractivity contribution in [3.63, 3.8) is 0 Å². The van der Waals surface area contributed by atoms with E-state index >= 15 is 0 Å². The average molecular weight is 445 g/mol. The van der Waals surface area contributed by atoms with Gasteiger partial charge in [0.05, 0.1) is 24.2 Å². The number of furan rings is 1. The summed E-state index contributed by atoms with van der Waals surface area (Å²) in [6, 6.07) is 5.28. The van der Waals surface area contributed by atoms with Gasteiger partial charge in [0.1, 0.15) is 17.2 Å². The summed E-state index contributed by atoms with van der Waals surface area (Å²) in [6.45, 7) is 11.6. The van der Waals surface area contributed by atoms with Crippen molar-refractivity contribution in [3.8, 4) is 0 Å². The Labute approximate surface area is 182 Å². The normalized spacial score (nSPS) is 11.9. The predicted octanol–water partition coefficient (Wildman–Crippen LogP) is 3.40. The number of carbonyl (C=O) groups excluding carboxylic acids is 1. The molecule has 8 nitrogen and oxygen atoms in total. The van der Waals surface area contributed by atoms with Crippen LogP contribution < -0.4 is 0 Å². The van der Waals surface area contributed by atoms with E-state index in [1.54, 1.807) is 32.1 Å². The molecule has 0 radical (unpaired) electrons. The van der Waals surface area contributed by atoms with Crippen LogP contribution >= 0.6 is 0 Å². The second kappa shape index (κ2) is 8.68. The summed E-state index contributed by atoms with van der Waals surface area (Å²) in [7, 11) is -2.32. The predicted molar refractivity (Wildman–Crippen MR) is 117 cm³/mol. The lowest BCUT2D eigenvalue weighted by Crippen LogP contribution is -2.27. The molecule has 0 aliphatic heterocycles. The van der Waals surface area contributed by atoms with Crippen LogP contribution in [0.25, 0.3) is 0 Å². The number of carbonyl (C=O) groups is 1. The van der Waals surface area contributed by atoms with Gasteiger partial charge in [-0.05, 0) is 45.9 Å². The van der Waals surface area contributed by atoms with E-state index in [2.05, 4.69) is 11.7 Å². The molecule has 0 amide bonds. The van der Waals surface area contributed by atoms with Crippen molar-refractivity contribution >= 4 is 15.8 Å². The number of hydrogen-bond acceptors (Lipinski definition) is 5. The number of allylic oxidation sites excluding steroid dienone is 1. The summed E-state index contributed by atoms with van der Waals surface area (Å²) >= 11 is 0. The molecule has 0 aromatic carbocycles. The molecule has 0 saturated heterocycles. The third-order valence-corrected chi connectivity index (χ3v) is 7.48. The van der Waals surface area contributed by atoms with Crippen LogP contribution in [0.15, 0.2) is 46.4 Å². The highest BCUT2D eigenvalue weighted by atomic mass is 32.2. The molecule has 3 aromatic rings. The highest BCUT2D eigenvalue weighted by molar-refractivity contribution is 7.89. The molecule has 9 heteroatoms. The van der Waals surface area contributed by atoms with E-state index in [4.69, 9.17) is 4.42 Å². The van der Waals surface area contributed by atoms with Crippen molar-refractivity contribution in [2.75, 3.05) is 7.05 Å². The average Bonchev–Trinajstić information content (AvgIpc) is 3.37. The third kappa shape index (κ3) is 4.28. The van der Waals surface area contributed by atoms with Crippen molar-refractivity contribution in [1.29, 1.82) is 0 Å². The monoisotopic (exact) mass is 444 g/mol. The van der Waals surface area contributed by atoms with E-state index in [-0.39, 0.29) is 23.8 Å². The van der Waals surface area contributed by atoms with Crippen LogP contribution in [0.5, 0.6) is 0 Å². The van der Waals surface area contributed by atoms with Gasteiger partial charge < -0.3 is 8.98 Å². The fourth-order valence-electron chi connectivity index (χ4n) is 3.79.